The van der Waals surface area contributed by atoms with Gasteiger partial charge in [0.25, 0.3) is 0 Å². The number of ether oxygens (including phenoxy) is 1. The molecule has 0 aromatic carbocycles. The summed E-state index contributed by atoms with van der Waals surface area (Å²) in [5.74, 6) is 0.767. The van der Waals surface area contributed by atoms with E-state index in [1.54, 1.807) is 19.4 Å². The third-order valence-corrected chi connectivity index (χ3v) is 4.36. The second kappa shape index (κ2) is 3.82. The highest BCUT2D eigenvalue weighted by Crippen LogP contribution is 2.35. The molecular weight excluding hydrogens is 313 g/mol. The number of carbonyl (C=O) groups is 1. The van der Waals surface area contributed by atoms with E-state index in [0.717, 1.165) is 25.8 Å². The molecular formula is C9H6INO2S. The van der Waals surface area contributed by atoms with E-state index in [0.29, 0.717) is 4.88 Å². The number of rotatable bonds is 2. The fraction of sp³-hybridized carbons (Fsp3) is 0.111. The lowest BCUT2D eigenvalue weighted by Gasteiger charge is -2.00. The zero-order chi connectivity index (χ0) is 10.1. The van der Waals surface area contributed by atoms with Crippen molar-refractivity contribution in [3.8, 4) is 5.75 Å². The second-order valence-electron chi connectivity index (χ2n) is 2.59. The average Bonchev–Trinajstić information content (AvgIpc) is 2.55. The first kappa shape index (κ1) is 9.85. The van der Waals surface area contributed by atoms with Gasteiger partial charge in [-0.1, -0.05) is 0 Å². The molecule has 0 saturated heterocycles. The molecule has 0 bridgehead atoms. The molecule has 72 valence electrons. The van der Waals surface area contributed by atoms with E-state index in [9.17, 15) is 4.79 Å². The number of aldehydes is 1. The number of thiophene rings is 1. The van der Waals surface area contributed by atoms with Crippen LogP contribution in [0.3, 0.4) is 0 Å². The maximum atomic E-state index is 10.7. The van der Waals surface area contributed by atoms with Gasteiger partial charge < -0.3 is 4.74 Å². The molecule has 0 aliphatic heterocycles. The molecule has 14 heavy (non-hydrogen) atoms. The number of nitrogens with zero attached hydrogens (tertiary/aromatic N) is 1. The maximum Gasteiger partial charge on any atom is 0.161 e. The molecule has 5 heteroatoms. The van der Waals surface area contributed by atoms with Gasteiger partial charge in [0, 0.05) is 9.77 Å². The molecule has 0 saturated carbocycles. The van der Waals surface area contributed by atoms with Gasteiger partial charge in [0.2, 0.25) is 0 Å². The van der Waals surface area contributed by atoms with Crippen LogP contribution in [0.5, 0.6) is 5.75 Å². The van der Waals surface area contributed by atoms with Crippen LogP contribution in [0, 0.1) is 3.57 Å². The van der Waals surface area contributed by atoms with Crippen molar-refractivity contribution in [3.63, 3.8) is 0 Å². The molecule has 0 radical (unpaired) electrons. The van der Waals surface area contributed by atoms with Crippen molar-refractivity contribution in [2.45, 2.75) is 0 Å². The minimum Gasteiger partial charge on any atom is -0.496 e. The summed E-state index contributed by atoms with van der Waals surface area (Å²) in [6, 6.07) is 1.80. The predicted molar refractivity (Wildman–Crippen MR) is 64.3 cm³/mol. The van der Waals surface area contributed by atoms with Gasteiger partial charge in [-0.15, -0.1) is 11.3 Å². The maximum absolute atomic E-state index is 10.7. The van der Waals surface area contributed by atoms with E-state index < -0.39 is 0 Å². The zero-order valence-corrected chi connectivity index (χ0v) is 10.3. The Balaban J connectivity index is 2.85. The highest BCUT2D eigenvalue weighted by molar-refractivity contribution is 14.1. The largest absolute Gasteiger partial charge is 0.496 e. The van der Waals surface area contributed by atoms with Crippen LogP contribution in [-0.2, 0) is 0 Å². The number of halogens is 1. The molecule has 0 atom stereocenters. The first-order valence-electron chi connectivity index (χ1n) is 3.84. The van der Waals surface area contributed by atoms with Crippen LogP contribution < -0.4 is 4.74 Å². The molecule has 0 aliphatic rings. The van der Waals surface area contributed by atoms with Crippen LogP contribution in [-0.4, -0.2) is 18.4 Å². The van der Waals surface area contributed by atoms with Crippen LogP contribution in [0.25, 0.3) is 10.2 Å². The smallest absolute Gasteiger partial charge is 0.161 e. The van der Waals surface area contributed by atoms with Gasteiger partial charge in [-0.05, 0) is 28.7 Å². The van der Waals surface area contributed by atoms with E-state index in [2.05, 4.69) is 27.6 Å². The quantitative estimate of drug-likeness (QED) is 0.631. The van der Waals surface area contributed by atoms with Crippen LogP contribution >= 0.6 is 33.9 Å². The Morgan fingerprint density at radius 2 is 2.43 bits per heavy atom. The van der Waals surface area contributed by atoms with Gasteiger partial charge in [-0.25, -0.2) is 4.98 Å². The molecule has 0 aliphatic carbocycles. The van der Waals surface area contributed by atoms with Crippen LogP contribution in [0.15, 0.2) is 12.3 Å². The third kappa shape index (κ3) is 1.40. The lowest BCUT2D eigenvalue weighted by molar-refractivity contribution is 0.112. The minimum atomic E-state index is 0.706. The summed E-state index contributed by atoms with van der Waals surface area (Å²) in [6.07, 6.45) is 2.54. The Hall–Kier alpha value is -0.690. The summed E-state index contributed by atoms with van der Waals surface area (Å²) in [7, 11) is 1.61. The molecule has 2 aromatic rings. The molecule has 0 fully saturated rings. The molecule has 0 spiro atoms. The van der Waals surface area contributed by atoms with Crippen molar-refractivity contribution >= 4 is 50.4 Å². The Morgan fingerprint density at radius 3 is 3.07 bits per heavy atom. The van der Waals surface area contributed by atoms with Crippen molar-refractivity contribution in [1.82, 2.24) is 4.98 Å². The van der Waals surface area contributed by atoms with Crippen LogP contribution in [0.1, 0.15) is 9.67 Å². The normalized spacial score (nSPS) is 10.4. The van der Waals surface area contributed by atoms with E-state index in [1.165, 1.54) is 11.3 Å². The Bertz CT molecular complexity index is 495. The average molecular weight is 319 g/mol. The van der Waals surface area contributed by atoms with E-state index in [-0.39, 0.29) is 0 Å². The highest BCUT2D eigenvalue weighted by atomic mass is 127. The van der Waals surface area contributed by atoms with Crippen molar-refractivity contribution in [3.05, 3.63) is 20.7 Å². The Labute approximate surface area is 98.2 Å². The number of hydrogen-bond acceptors (Lipinski definition) is 4. The SMILES string of the molecule is COc1ccnc2sc(C=O)c(I)c12. The topological polar surface area (TPSA) is 39.2 Å². The molecule has 2 heterocycles. The number of aromatic nitrogens is 1. The number of pyridine rings is 1. The van der Waals surface area contributed by atoms with Gasteiger partial charge in [0.15, 0.2) is 6.29 Å². The van der Waals surface area contributed by atoms with Crippen molar-refractivity contribution in [1.29, 1.82) is 0 Å². The lowest BCUT2D eigenvalue weighted by Crippen LogP contribution is -1.85. The molecule has 0 unspecified atom stereocenters. The lowest BCUT2D eigenvalue weighted by atomic mass is 10.3. The van der Waals surface area contributed by atoms with E-state index in [1.807, 2.05) is 0 Å². The zero-order valence-electron chi connectivity index (χ0n) is 7.28. The van der Waals surface area contributed by atoms with Gasteiger partial charge in [0.1, 0.15) is 10.6 Å². The summed E-state index contributed by atoms with van der Waals surface area (Å²) in [6.45, 7) is 0. The van der Waals surface area contributed by atoms with Crippen molar-refractivity contribution in [2.75, 3.05) is 7.11 Å². The Kier molecular flexibility index (Phi) is 2.69. The van der Waals surface area contributed by atoms with Gasteiger partial charge in [-0.2, -0.15) is 0 Å². The molecule has 0 amide bonds. The fourth-order valence-corrected chi connectivity index (χ4v) is 3.25. The minimum absolute atomic E-state index is 0.706. The summed E-state index contributed by atoms with van der Waals surface area (Å²) in [5, 5.41) is 0.933. The number of fused-ring (bicyclic) bond motifs is 1. The highest BCUT2D eigenvalue weighted by Gasteiger charge is 2.13. The molecule has 2 aromatic heterocycles. The van der Waals surface area contributed by atoms with Gasteiger partial charge in [-0.3, -0.25) is 4.79 Å². The van der Waals surface area contributed by atoms with Gasteiger partial charge in [0.05, 0.1) is 17.4 Å². The monoisotopic (exact) mass is 319 g/mol. The summed E-state index contributed by atoms with van der Waals surface area (Å²) >= 11 is 3.53. The Morgan fingerprint density at radius 1 is 1.64 bits per heavy atom. The fourth-order valence-electron chi connectivity index (χ4n) is 1.22. The van der Waals surface area contributed by atoms with E-state index in [4.69, 9.17) is 4.74 Å². The number of hydrogen-bond donors (Lipinski definition) is 0. The molecule has 2 rings (SSSR count). The predicted octanol–water partition coefficient (Wildman–Crippen LogP) is 2.72. The van der Waals surface area contributed by atoms with Crippen molar-refractivity contribution in [2.24, 2.45) is 0 Å². The van der Waals surface area contributed by atoms with Gasteiger partial charge >= 0.3 is 0 Å². The molecule has 0 N–H and O–H groups in total. The summed E-state index contributed by atoms with van der Waals surface area (Å²) < 4.78 is 6.13. The first-order valence-corrected chi connectivity index (χ1v) is 5.73. The summed E-state index contributed by atoms with van der Waals surface area (Å²) in [4.78, 5) is 16.5. The standard InChI is InChI=1S/C9H6INO2S/c1-13-5-2-3-11-9-7(5)8(10)6(4-12)14-9/h2-4H,1H3. The molecule has 3 nitrogen and oxygen atoms in total. The van der Waals surface area contributed by atoms with E-state index >= 15 is 0 Å². The second-order valence-corrected chi connectivity index (χ2v) is 4.70. The van der Waals surface area contributed by atoms with Crippen molar-refractivity contribution < 1.29 is 9.53 Å². The van der Waals surface area contributed by atoms with Crippen LogP contribution in [0.4, 0.5) is 0 Å². The van der Waals surface area contributed by atoms with Crippen LogP contribution in [0.2, 0.25) is 0 Å². The number of carbonyl (C=O) groups excluding carboxylic acids is 1. The number of methoxy groups -OCH3 is 1. The summed E-state index contributed by atoms with van der Waals surface area (Å²) in [5.41, 5.74) is 0. The first-order chi connectivity index (χ1) is 6.77. The third-order valence-electron chi connectivity index (χ3n) is 1.85.